The summed E-state index contributed by atoms with van der Waals surface area (Å²) in [6, 6.07) is 7.43. The molecule has 118 valence electrons. The van der Waals surface area contributed by atoms with Gasteiger partial charge in [0.05, 0.1) is 4.92 Å². The lowest BCUT2D eigenvalue weighted by Crippen LogP contribution is -2.20. The molecule has 3 aromatic rings. The molecule has 0 spiro atoms. The predicted octanol–water partition coefficient (Wildman–Crippen LogP) is 2.08. The number of benzene rings is 1. The van der Waals surface area contributed by atoms with Gasteiger partial charge in [-0.05, 0) is 24.1 Å². The predicted molar refractivity (Wildman–Crippen MR) is 87.1 cm³/mol. The number of fused-ring (bicyclic) bond motifs is 1. The highest BCUT2D eigenvalue weighted by molar-refractivity contribution is 7.16. The summed E-state index contributed by atoms with van der Waals surface area (Å²) in [6.45, 7) is 0. The number of nitrogens with zero attached hydrogens (tertiary/aromatic N) is 4. The molecule has 23 heavy (non-hydrogen) atoms. The van der Waals surface area contributed by atoms with Gasteiger partial charge in [0.25, 0.3) is 0 Å². The Bertz CT molecular complexity index is 968. The van der Waals surface area contributed by atoms with Gasteiger partial charge in [0.1, 0.15) is 5.01 Å². The van der Waals surface area contributed by atoms with E-state index < -0.39 is 22.0 Å². The standard InChI is InChI=1S/C13H10ClN5O3S/c14-8-3-1-2-7(6-8)4-5-9-17-18-12(20)10(19(21)22)11(15)16-13(18)23-9/h1-3,6H,4-5,15H2. The van der Waals surface area contributed by atoms with Gasteiger partial charge in [0, 0.05) is 11.4 Å². The fourth-order valence-corrected chi connectivity index (χ4v) is 3.21. The van der Waals surface area contributed by atoms with Crippen LogP contribution in [0.3, 0.4) is 0 Å². The van der Waals surface area contributed by atoms with Gasteiger partial charge in [-0.3, -0.25) is 14.9 Å². The van der Waals surface area contributed by atoms with Crippen LogP contribution in [0.2, 0.25) is 5.02 Å². The molecule has 0 saturated carbocycles. The number of hydrogen-bond donors (Lipinski definition) is 1. The normalized spacial score (nSPS) is 11.0. The summed E-state index contributed by atoms with van der Waals surface area (Å²) in [7, 11) is 0. The average molecular weight is 352 g/mol. The van der Waals surface area contributed by atoms with Crippen molar-refractivity contribution in [2.75, 3.05) is 5.73 Å². The van der Waals surface area contributed by atoms with Crippen LogP contribution in [-0.4, -0.2) is 19.5 Å². The van der Waals surface area contributed by atoms with Crippen molar-refractivity contribution in [3.63, 3.8) is 0 Å². The maximum atomic E-state index is 12.1. The SMILES string of the molecule is Nc1nc2sc(CCc3cccc(Cl)c3)nn2c(=O)c1[N+](=O)[O-]. The quantitative estimate of drug-likeness (QED) is 0.568. The molecule has 0 atom stereocenters. The Kier molecular flexibility index (Phi) is 3.97. The number of nitro groups is 1. The monoisotopic (exact) mass is 351 g/mol. The molecule has 0 radical (unpaired) electrons. The van der Waals surface area contributed by atoms with Crippen molar-refractivity contribution in [3.8, 4) is 0 Å². The van der Waals surface area contributed by atoms with Gasteiger partial charge in [-0.15, -0.1) is 0 Å². The first-order valence-corrected chi connectivity index (χ1v) is 7.72. The zero-order chi connectivity index (χ0) is 16.6. The van der Waals surface area contributed by atoms with Gasteiger partial charge in [0.2, 0.25) is 10.8 Å². The molecule has 0 unspecified atom stereocenters. The van der Waals surface area contributed by atoms with Crippen LogP contribution in [0.4, 0.5) is 11.5 Å². The van der Waals surface area contributed by atoms with E-state index in [1.54, 1.807) is 6.07 Å². The second kappa shape index (κ2) is 5.94. The fraction of sp³-hybridized carbons (Fsp3) is 0.154. The van der Waals surface area contributed by atoms with Crippen molar-refractivity contribution in [2.24, 2.45) is 0 Å². The molecule has 8 nitrogen and oxygen atoms in total. The Balaban J connectivity index is 1.93. The molecule has 1 aromatic carbocycles. The Morgan fingerprint density at radius 1 is 1.39 bits per heavy atom. The summed E-state index contributed by atoms with van der Waals surface area (Å²) >= 11 is 7.10. The average Bonchev–Trinajstić information content (AvgIpc) is 2.88. The van der Waals surface area contributed by atoms with Crippen molar-refractivity contribution >= 4 is 39.4 Å². The van der Waals surface area contributed by atoms with Crippen LogP contribution in [0, 0.1) is 10.1 Å². The van der Waals surface area contributed by atoms with Gasteiger partial charge in [-0.1, -0.05) is 35.1 Å². The zero-order valence-corrected chi connectivity index (χ0v) is 13.2. The molecule has 0 aliphatic heterocycles. The molecule has 0 fully saturated rings. The molecule has 0 amide bonds. The van der Waals surface area contributed by atoms with Crippen molar-refractivity contribution in [1.29, 1.82) is 0 Å². The van der Waals surface area contributed by atoms with Crippen LogP contribution in [-0.2, 0) is 12.8 Å². The first kappa shape index (κ1) is 15.4. The van der Waals surface area contributed by atoms with Gasteiger partial charge in [-0.2, -0.15) is 14.6 Å². The maximum Gasteiger partial charge on any atom is 0.377 e. The van der Waals surface area contributed by atoms with Crippen LogP contribution in [0.1, 0.15) is 10.6 Å². The number of hydrogen-bond acceptors (Lipinski definition) is 7. The Labute approximate surface area is 138 Å². The molecule has 2 heterocycles. The lowest BCUT2D eigenvalue weighted by Gasteiger charge is -1.98. The summed E-state index contributed by atoms with van der Waals surface area (Å²) in [4.78, 5) is 26.2. The van der Waals surface area contributed by atoms with Gasteiger partial charge >= 0.3 is 11.2 Å². The Morgan fingerprint density at radius 2 is 2.17 bits per heavy atom. The van der Waals surface area contributed by atoms with Crippen LogP contribution < -0.4 is 11.3 Å². The molecule has 2 N–H and O–H groups in total. The van der Waals surface area contributed by atoms with E-state index in [-0.39, 0.29) is 4.96 Å². The Hall–Kier alpha value is -2.52. The summed E-state index contributed by atoms with van der Waals surface area (Å²) in [6.07, 6.45) is 1.23. The third-order valence-electron chi connectivity index (χ3n) is 3.15. The molecule has 2 aromatic heterocycles. The number of halogens is 1. The zero-order valence-electron chi connectivity index (χ0n) is 11.6. The van der Waals surface area contributed by atoms with Crippen LogP contribution in [0.15, 0.2) is 29.1 Å². The number of nitrogens with two attached hydrogens (primary N) is 1. The lowest BCUT2D eigenvalue weighted by atomic mass is 10.1. The number of anilines is 1. The third kappa shape index (κ3) is 3.01. The van der Waals surface area contributed by atoms with E-state index in [4.69, 9.17) is 17.3 Å². The van der Waals surface area contributed by atoms with Crippen LogP contribution >= 0.6 is 22.9 Å². The fourth-order valence-electron chi connectivity index (χ4n) is 2.11. The topological polar surface area (TPSA) is 116 Å². The molecular formula is C13H10ClN5O3S. The third-order valence-corrected chi connectivity index (χ3v) is 4.36. The number of nitrogen functional groups attached to an aromatic ring is 1. The second-order valence-corrected chi connectivity index (χ2v) is 6.20. The number of aryl methyl sites for hydroxylation is 2. The minimum absolute atomic E-state index is 0.235. The molecule has 0 aliphatic carbocycles. The Morgan fingerprint density at radius 3 is 2.87 bits per heavy atom. The van der Waals surface area contributed by atoms with E-state index in [2.05, 4.69) is 10.1 Å². The molecular weight excluding hydrogens is 342 g/mol. The highest BCUT2D eigenvalue weighted by atomic mass is 35.5. The van der Waals surface area contributed by atoms with Crippen molar-refractivity contribution in [1.82, 2.24) is 14.6 Å². The smallest absolute Gasteiger partial charge is 0.377 e. The molecule has 3 rings (SSSR count). The molecule has 0 bridgehead atoms. The number of rotatable bonds is 4. The van der Waals surface area contributed by atoms with E-state index in [1.807, 2.05) is 18.2 Å². The van der Waals surface area contributed by atoms with Crippen LogP contribution in [0.25, 0.3) is 4.96 Å². The lowest BCUT2D eigenvalue weighted by molar-refractivity contribution is -0.385. The molecule has 0 saturated heterocycles. The highest BCUT2D eigenvalue weighted by Crippen LogP contribution is 2.20. The van der Waals surface area contributed by atoms with Crippen molar-refractivity contribution < 1.29 is 4.92 Å². The molecule has 10 heteroatoms. The van der Waals surface area contributed by atoms with Gasteiger partial charge in [-0.25, -0.2) is 0 Å². The maximum absolute atomic E-state index is 12.1. The van der Waals surface area contributed by atoms with Gasteiger partial charge < -0.3 is 5.73 Å². The molecule has 0 aliphatic rings. The van der Waals surface area contributed by atoms with Gasteiger partial charge in [0.15, 0.2) is 0 Å². The van der Waals surface area contributed by atoms with E-state index in [9.17, 15) is 14.9 Å². The first-order valence-electron chi connectivity index (χ1n) is 6.53. The van der Waals surface area contributed by atoms with Crippen molar-refractivity contribution in [3.05, 3.63) is 60.3 Å². The first-order chi connectivity index (χ1) is 11.0. The largest absolute Gasteiger partial charge is 0.378 e. The second-order valence-electron chi connectivity index (χ2n) is 4.73. The summed E-state index contributed by atoms with van der Waals surface area (Å²) in [5.41, 5.74) is 4.88. The van der Waals surface area contributed by atoms with E-state index in [0.29, 0.717) is 22.9 Å². The highest BCUT2D eigenvalue weighted by Gasteiger charge is 2.23. The van der Waals surface area contributed by atoms with Crippen LogP contribution in [0.5, 0.6) is 0 Å². The summed E-state index contributed by atoms with van der Waals surface area (Å²) in [5.74, 6) is -0.398. The van der Waals surface area contributed by atoms with Crippen molar-refractivity contribution in [2.45, 2.75) is 12.8 Å². The minimum Gasteiger partial charge on any atom is -0.378 e. The minimum atomic E-state index is -0.872. The summed E-state index contributed by atoms with van der Waals surface area (Å²) < 4.78 is 0.923. The van der Waals surface area contributed by atoms with E-state index in [0.717, 1.165) is 10.1 Å². The summed E-state index contributed by atoms with van der Waals surface area (Å²) in [5, 5.41) is 16.3. The number of aromatic nitrogens is 3. The van der Waals surface area contributed by atoms with E-state index >= 15 is 0 Å². The van der Waals surface area contributed by atoms with E-state index in [1.165, 1.54) is 11.3 Å².